The van der Waals surface area contributed by atoms with Gasteiger partial charge in [0.05, 0.1) is 35.1 Å². The summed E-state index contributed by atoms with van der Waals surface area (Å²) in [6, 6.07) is 16.2. The van der Waals surface area contributed by atoms with Crippen LogP contribution in [0, 0.1) is 11.3 Å². The zero-order chi connectivity index (χ0) is 33.2. The minimum absolute atomic E-state index is 0.00325. The molecular formula is C33H22ClF2N9O3. The fourth-order valence-electron chi connectivity index (χ4n) is 6.10. The third-order valence-electron chi connectivity index (χ3n) is 8.18. The van der Waals surface area contributed by atoms with Crippen molar-refractivity contribution in [3.8, 4) is 40.0 Å². The van der Waals surface area contributed by atoms with Gasteiger partial charge in [-0.05, 0) is 61.5 Å². The summed E-state index contributed by atoms with van der Waals surface area (Å²) in [5.74, 6) is 0.644. The van der Waals surface area contributed by atoms with Crippen LogP contribution in [0.3, 0.4) is 0 Å². The average Bonchev–Trinajstić information content (AvgIpc) is 3.76. The number of nitrogens with zero attached hydrogens (tertiary/aromatic N) is 8. The first-order chi connectivity index (χ1) is 23.1. The highest BCUT2D eigenvalue weighted by Gasteiger charge is 2.29. The van der Waals surface area contributed by atoms with E-state index in [4.69, 9.17) is 36.7 Å². The smallest absolute Gasteiger partial charge is 0.420 e. The molecule has 0 saturated heterocycles. The largest absolute Gasteiger partial charge is 0.487 e. The number of nitriles is 1. The molecule has 0 radical (unpaired) electrons. The molecule has 8 rings (SSSR count). The van der Waals surface area contributed by atoms with E-state index in [1.165, 1.54) is 24.3 Å². The summed E-state index contributed by atoms with van der Waals surface area (Å²) in [6.07, 6.45) is 4.25. The molecule has 0 bridgehead atoms. The predicted molar refractivity (Wildman–Crippen MR) is 169 cm³/mol. The summed E-state index contributed by atoms with van der Waals surface area (Å²) in [7, 11) is 0. The van der Waals surface area contributed by atoms with E-state index in [0.717, 1.165) is 45.0 Å². The van der Waals surface area contributed by atoms with Crippen molar-refractivity contribution in [1.29, 1.82) is 5.26 Å². The average molecular weight is 666 g/mol. The maximum atomic E-state index is 13.6. The summed E-state index contributed by atoms with van der Waals surface area (Å²) >= 11 is 4.86. The molecule has 1 aliphatic heterocycles. The molecule has 1 aliphatic carbocycles. The highest BCUT2D eigenvalue weighted by Crippen LogP contribution is 2.40. The van der Waals surface area contributed by atoms with Crippen LogP contribution in [0.15, 0.2) is 67.0 Å². The number of rotatable bonds is 6. The molecule has 0 saturated carbocycles. The number of fused-ring (bicyclic) bond motifs is 6. The molecule has 2 aromatic carbocycles. The second-order valence-corrected chi connectivity index (χ2v) is 11.9. The van der Waals surface area contributed by atoms with Gasteiger partial charge in [0.15, 0.2) is 11.5 Å². The molecule has 1 amide bonds. The van der Waals surface area contributed by atoms with E-state index in [9.17, 15) is 13.6 Å². The topological polar surface area (TPSA) is 146 Å². The lowest BCUT2D eigenvalue weighted by Crippen LogP contribution is -2.21. The molecule has 2 aliphatic rings. The first kappa shape index (κ1) is 29.6. The van der Waals surface area contributed by atoms with Crippen LogP contribution in [0.1, 0.15) is 46.1 Å². The van der Waals surface area contributed by atoms with Crippen LogP contribution in [0.5, 0.6) is 5.75 Å². The number of pyridine rings is 1. The monoisotopic (exact) mass is 665 g/mol. The van der Waals surface area contributed by atoms with E-state index in [1.807, 2.05) is 25.3 Å². The normalized spacial score (nSPS) is 15.0. The predicted octanol–water partition coefficient (Wildman–Crippen LogP) is 6.03. The highest BCUT2D eigenvalue weighted by atomic mass is 35.5. The number of benzene rings is 2. The minimum atomic E-state index is -3.85. The molecule has 12 nitrogen and oxygen atoms in total. The zero-order valence-electron chi connectivity index (χ0n) is 25.0. The Morgan fingerprint density at radius 2 is 1.98 bits per heavy atom. The van der Waals surface area contributed by atoms with Crippen LogP contribution >= 0.6 is 11.6 Å². The molecule has 0 fully saturated rings. The van der Waals surface area contributed by atoms with Gasteiger partial charge >= 0.3 is 5.57 Å². The molecule has 4 aromatic heterocycles. The quantitative estimate of drug-likeness (QED) is 0.210. The Labute approximate surface area is 275 Å². The van der Waals surface area contributed by atoms with E-state index >= 15 is 0 Å². The third kappa shape index (κ3) is 5.28. The summed E-state index contributed by atoms with van der Waals surface area (Å²) in [5, 5.41) is 24.7. The van der Waals surface area contributed by atoms with Gasteiger partial charge in [0.1, 0.15) is 24.3 Å². The maximum Gasteiger partial charge on any atom is 0.487 e. The van der Waals surface area contributed by atoms with Gasteiger partial charge in [-0.25, -0.2) is 9.67 Å². The number of alkyl halides is 3. The Morgan fingerprint density at radius 3 is 2.73 bits per heavy atom. The molecule has 1 N–H and O–H groups in total. The van der Waals surface area contributed by atoms with E-state index in [2.05, 4.69) is 24.8 Å². The third-order valence-corrected chi connectivity index (χ3v) is 8.26. The molecule has 48 heavy (non-hydrogen) atoms. The Bertz CT molecular complexity index is 2290. The van der Waals surface area contributed by atoms with Gasteiger partial charge in [-0.1, -0.05) is 0 Å². The molecule has 0 spiro atoms. The van der Waals surface area contributed by atoms with E-state index in [0.29, 0.717) is 42.2 Å². The first-order valence-electron chi connectivity index (χ1n) is 14.8. The highest BCUT2D eigenvalue weighted by molar-refractivity contribution is 6.20. The Hall–Kier alpha value is -5.78. The number of carbonyl (C=O) groups is 1. The SMILES string of the molecule is C[C@@H]1COCc2nc3cc(C(=O)Nc4ccc(OC(F)(F)Cl)cc4)cc(-c4cnc5c(c4)-c4nn(-c6ccc(C#N)nn6)cc4C5)c3n21. The number of nitrogens with one attached hydrogen (secondary N) is 1. The van der Waals surface area contributed by atoms with Crippen molar-refractivity contribution < 1.29 is 23.0 Å². The van der Waals surface area contributed by atoms with Crippen molar-refractivity contribution in [3.63, 3.8) is 0 Å². The fraction of sp³-hybridized carbons (Fsp3) is 0.182. The van der Waals surface area contributed by atoms with Crippen LogP contribution in [0.25, 0.3) is 39.2 Å². The summed E-state index contributed by atoms with van der Waals surface area (Å²) in [5.41, 5.74) is 3.49. The lowest BCUT2D eigenvalue weighted by atomic mass is 9.99. The summed E-state index contributed by atoms with van der Waals surface area (Å²) in [6.45, 7) is 2.89. The van der Waals surface area contributed by atoms with Gasteiger partial charge in [0, 0.05) is 63.9 Å². The zero-order valence-corrected chi connectivity index (χ0v) is 25.7. The molecule has 6 aromatic rings. The van der Waals surface area contributed by atoms with Crippen molar-refractivity contribution in [1.82, 2.24) is 34.5 Å². The number of anilines is 1. The summed E-state index contributed by atoms with van der Waals surface area (Å²) < 4.78 is 40.0. The Balaban J connectivity index is 1.19. The number of amides is 1. The molecule has 238 valence electrons. The van der Waals surface area contributed by atoms with Crippen molar-refractivity contribution in [2.45, 2.75) is 31.6 Å². The second-order valence-electron chi connectivity index (χ2n) is 11.4. The molecule has 15 heteroatoms. The number of ether oxygens (including phenoxy) is 2. The van der Waals surface area contributed by atoms with Crippen molar-refractivity contribution >= 4 is 34.2 Å². The number of hydrogen-bond acceptors (Lipinski definition) is 9. The molecular weight excluding hydrogens is 644 g/mol. The summed E-state index contributed by atoms with van der Waals surface area (Å²) in [4.78, 5) is 23.2. The number of hydrogen-bond donors (Lipinski definition) is 1. The number of imidazole rings is 1. The number of carbonyl (C=O) groups excluding carboxylic acids is 1. The van der Waals surface area contributed by atoms with E-state index < -0.39 is 11.5 Å². The number of halogens is 3. The first-order valence-corrected chi connectivity index (χ1v) is 15.1. The lowest BCUT2D eigenvalue weighted by molar-refractivity contribution is -0.0964. The standard InChI is InChI=1S/C33H22ClF2N9O3/c1-17-15-47-16-29-40-27-10-18(32(46)39-21-2-5-23(6-3-21)48-33(34,35)36)8-24(31(27)45(17)29)19-9-25-26(38-13-19)11-20-14-44(43-30(20)25)28-7-4-22(12-37)41-42-28/h2-10,13-14,17H,11,15-16H2,1H3,(H,39,46)/t17-/m1/s1. The Kier molecular flexibility index (Phi) is 6.90. The van der Waals surface area contributed by atoms with Crippen LogP contribution in [-0.4, -0.2) is 52.6 Å². The molecule has 1 atom stereocenters. The fourth-order valence-corrected chi connectivity index (χ4v) is 6.19. The van der Waals surface area contributed by atoms with Gasteiger partial charge in [0.25, 0.3) is 5.91 Å². The van der Waals surface area contributed by atoms with Gasteiger partial charge in [-0.15, -0.1) is 19.0 Å². The lowest BCUT2D eigenvalue weighted by Gasteiger charge is -2.23. The Morgan fingerprint density at radius 1 is 1.15 bits per heavy atom. The minimum Gasteiger partial charge on any atom is -0.420 e. The van der Waals surface area contributed by atoms with Gasteiger partial charge in [0.2, 0.25) is 0 Å². The van der Waals surface area contributed by atoms with Gasteiger partial charge in [-0.2, -0.15) is 10.4 Å². The van der Waals surface area contributed by atoms with Crippen molar-refractivity contribution in [2.24, 2.45) is 0 Å². The maximum absolute atomic E-state index is 13.6. The van der Waals surface area contributed by atoms with Crippen LogP contribution in [-0.2, 0) is 17.8 Å². The van der Waals surface area contributed by atoms with Crippen LogP contribution in [0.4, 0.5) is 14.5 Å². The molecule has 0 unspecified atom stereocenters. The van der Waals surface area contributed by atoms with Crippen LogP contribution in [0.2, 0.25) is 0 Å². The van der Waals surface area contributed by atoms with E-state index in [1.54, 1.807) is 35.1 Å². The number of aromatic nitrogens is 7. The van der Waals surface area contributed by atoms with Crippen LogP contribution < -0.4 is 10.1 Å². The van der Waals surface area contributed by atoms with Gasteiger partial charge in [-0.3, -0.25) is 9.78 Å². The van der Waals surface area contributed by atoms with Crippen molar-refractivity contribution in [3.05, 3.63) is 95.3 Å². The van der Waals surface area contributed by atoms with Gasteiger partial charge < -0.3 is 19.4 Å². The second kappa shape index (κ2) is 11.2. The molecule has 5 heterocycles. The van der Waals surface area contributed by atoms with E-state index in [-0.39, 0.29) is 17.5 Å². The van der Waals surface area contributed by atoms with Crippen molar-refractivity contribution in [2.75, 3.05) is 11.9 Å².